The van der Waals surface area contributed by atoms with E-state index in [4.69, 9.17) is 9.72 Å². The van der Waals surface area contributed by atoms with Gasteiger partial charge >= 0.3 is 0 Å². The van der Waals surface area contributed by atoms with E-state index in [0.717, 1.165) is 50.1 Å². The van der Waals surface area contributed by atoms with Gasteiger partial charge < -0.3 is 19.1 Å². The summed E-state index contributed by atoms with van der Waals surface area (Å²) >= 11 is 0. The van der Waals surface area contributed by atoms with Crippen molar-refractivity contribution >= 4 is 33.2 Å². The number of nitrogens with zero attached hydrogens (tertiary/aromatic N) is 4. The second-order valence-electron chi connectivity index (χ2n) is 20.3. The van der Waals surface area contributed by atoms with Gasteiger partial charge in [0.25, 0.3) is 0 Å². The third-order valence-electron chi connectivity index (χ3n) is 13.6. The monoisotopic (exact) mass is 1080 g/mol. The molecule has 5 nitrogen and oxygen atoms in total. The van der Waals surface area contributed by atoms with Gasteiger partial charge in [-0.05, 0) is 110 Å². The average molecular weight is 1080 g/mol. The summed E-state index contributed by atoms with van der Waals surface area (Å²) < 4.78 is 9.22. The molecule has 0 radical (unpaired) electrons. The van der Waals surface area contributed by atoms with Crippen LogP contribution in [-0.2, 0) is 31.9 Å². The van der Waals surface area contributed by atoms with Crippen molar-refractivity contribution in [1.82, 2.24) is 9.55 Å². The minimum atomic E-state index is -0.168. The molecular formula is C63H59N4OPt-3. The molecule has 0 bridgehead atoms. The predicted molar refractivity (Wildman–Crippen MR) is 284 cm³/mol. The molecular weight excluding hydrogens is 1020 g/mol. The maximum atomic E-state index is 6.99. The molecule has 0 aliphatic carbocycles. The Morgan fingerprint density at radius 3 is 1.94 bits per heavy atom. The zero-order valence-electron chi connectivity index (χ0n) is 41.0. The molecule has 0 N–H and O–H groups in total. The first-order chi connectivity index (χ1) is 32.7. The molecule has 0 saturated heterocycles. The molecule has 3 heterocycles. The van der Waals surface area contributed by atoms with Crippen LogP contribution in [0.5, 0.6) is 11.5 Å². The maximum absolute atomic E-state index is 6.99. The number of fused-ring (bicyclic) bond motifs is 3. The van der Waals surface area contributed by atoms with E-state index >= 15 is 0 Å². The van der Waals surface area contributed by atoms with E-state index in [0.29, 0.717) is 23.3 Å². The zero-order valence-corrected chi connectivity index (χ0v) is 43.3. The number of hydrogen-bond donors (Lipinski definition) is 0. The van der Waals surface area contributed by atoms with Gasteiger partial charge in [0.1, 0.15) is 5.82 Å². The van der Waals surface area contributed by atoms with Crippen molar-refractivity contribution in [3.8, 4) is 39.6 Å². The van der Waals surface area contributed by atoms with Crippen LogP contribution in [0.3, 0.4) is 0 Å². The Hall–Kier alpha value is -6.68. The molecule has 9 aromatic rings. The van der Waals surface area contributed by atoms with E-state index in [1.165, 1.54) is 38.9 Å². The molecule has 6 heteroatoms. The molecule has 2 aromatic heterocycles. The Balaban J connectivity index is 0.00000593. The van der Waals surface area contributed by atoms with E-state index in [-0.39, 0.29) is 31.9 Å². The van der Waals surface area contributed by atoms with E-state index in [1.54, 1.807) is 0 Å². The summed E-state index contributed by atoms with van der Waals surface area (Å²) in [6.07, 6.45) is 6.14. The summed E-state index contributed by atoms with van der Waals surface area (Å²) in [4.78, 5) is 9.29. The smallest absolute Gasteiger partial charge is 0.135 e. The van der Waals surface area contributed by atoms with Crippen LogP contribution in [0.2, 0.25) is 0 Å². The zero-order chi connectivity index (χ0) is 47.3. The fourth-order valence-corrected chi connectivity index (χ4v) is 9.64. The number of hydrogen-bond acceptors (Lipinski definition) is 4. The van der Waals surface area contributed by atoms with Crippen LogP contribution >= 0.6 is 0 Å². The standard InChI is InChI=1S/C63H59N4O.Pt/c1-42(2)54-24-17-25-55(43(3)4)61(54)46-34-51(66-33-32-65(41-66)50-23-16-22-49(37-50)63(8,9)47-20-14-11-15-21-47)39-53(35-46)68-52-27-28-56-57-36-45(44-18-12-10-13-19-44)26-29-58(57)67(59(56)40-52)60-38-48(30-31-64-60)62(5,6)7;/h10-38,41-43H,1-9H3;/q-3;. The van der Waals surface area contributed by atoms with Crippen molar-refractivity contribution in [2.75, 3.05) is 9.80 Å². The molecule has 7 aromatic carbocycles. The second-order valence-corrected chi connectivity index (χ2v) is 20.3. The van der Waals surface area contributed by atoms with Gasteiger partial charge in [0, 0.05) is 55.4 Å². The summed E-state index contributed by atoms with van der Waals surface area (Å²) in [6.45, 7) is 22.5. The number of ether oxygens (including phenoxy) is 1. The molecule has 350 valence electrons. The Morgan fingerprint density at radius 1 is 0.551 bits per heavy atom. The number of pyridine rings is 1. The largest absolute Gasteiger partial charge is 0.509 e. The van der Waals surface area contributed by atoms with Crippen molar-refractivity contribution in [3.63, 3.8) is 0 Å². The maximum Gasteiger partial charge on any atom is 0.135 e. The normalized spacial score (nSPS) is 13.0. The minimum absolute atomic E-state index is 0. The van der Waals surface area contributed by atoms with Gasteiger partial charge in [-0.25, -0.2) is 4.98 Å². The first-order valence-corrected chi connectivity index (χ1v) is 23.9. The Labute approximate surface area is 423 Å². The number of benzene rings is 7. The summed E-state index contributed by atoms with van der Waals surface area (Å²) in [5.74, 6) is 2.67. The first kappa shape index (κ1) is 47.4. The minimum Gasteiger partial charge on any atom is -0.509 e. The first-order valence-electron chi connectivity index (χ1n) is 23.9. The van der Waals surface area contributed by atoms with Crippen LogP contribution in [0.1, 0.15) is 102 Å². The van der Waals surface area contributed by atoms with E-state index in [2.05, 4.69) is 260 Å². The van der Waals surface area contributed by atoms with Crippen molar-refractivity contribution < 1.29 is 25.8 Å². The molecule has 1 aliphatic rings. The van der Waals surface area contributed by atoms with Gasteiger partial charge in [0.2, 0.25) is 0 Å². The van der Waals surface area contributed by atoms with Crippen molar-refractivity contribution in [1.29, 1.82) is 0 Å². The van der Waals surface area contributed by atoms with Crippen LogP contribution in [0.15, 0.2) is 176 Å². The Kier molecular flexibility index (Phi) is 13.1. The van der Waals surface area contributed by atoms with Gasteiger partial charge in [0.05, 0.1) is 0 Å². The molecule has 0 fully saturated rings. The molecule has 0 amide bonds. The number of anilines is 2. The molecule has 0 spiro atoms. The molecule has 0 unspecified atom stereocenters. The molecule has 0 saturated carbocycles. The van der Waals surface area contributed by atoms with Gasteiger partial charge in [-0.3, -0.25) is 0 Å². The van der Waals surface area contributed by atoms with E-state index < -0.39 is 0 Å². The van der Waals surface area contributed by atoms with E-state index in [1.807, 2.05) is 12.3 Å². The number of aromatic nitrogens is 2. The summed E-state index contributed by atoms with van der Waals surface area (Å²) in [7, 11) is 0. The summed E-state index contributed by atoms with van der Waals surface area (Å²) in [5.41, 5.74) is 14.7. The van der Waals surface area contributed by atoms with Crippen molar-refractivity contribution in [2.24, 2.45) is 0 Å². The third kappa shape index (κ3) is 9.30. The second kappa shape index (κ2) is 19.0. The predicted octanol–water partition coefficient (Wildman–Crippen LogP) is 16.7. The number of rotatable bonds is 11. The fraction of sp³-hybridized carbons (Fsp3) is 0.206. The van der Waals surface area contributed by atoms with Gasteiger partial charge in [0.15, 0.2) is 0 Å². The Morgan fingerprint density at radius 2 is 1.23 bits per heavy atom. The van der Waals surface area contributed by atoms with Crippen LogP contribution in [0.4, 0.5) is 11.4 Å². The van der Waals surface area contributed by atoms with Crippen LogP contribution in [0, 0.1) is 18.8 Å². The average Bonchev–Trinajstić information content (AvgIpc) is 3.97. The molecule has 1 aliphatic heterocycles. The van der Waals surface area contributed by atoms with Crippen LogP contribution in [-0.4, -0.2) is 9.55 Å². The fourth-order valence-electron chi connectivity index (χ4n) is 9.64. The third-order valence-corrected chi connectivity index (χ3v) is 13.6. The van der Waals surface area contributed by atoms with Crippen LogP contribution in [0.25, 0.3) is 49.9 Å². The summed E-state index contributed by atoms with van der Waals surface area (Å²) in [6, 6.07) is 63.9. The van der Waals surface area contributed by atoms with Gasteiger partial charge in [-0.15, -0.1) is 53.6 Å². The quantitative estimate of drug-likeness (QED) is 0.121. The topological polar surface area (TPSA) is 33.5 Å². The molecule has 10 rings (SSSR count). The van der Waals surface area contributed by atoms with E-state index in [9.17, 15) is 0 Å². The van der Waals surface area contributed by atoms with Gasteiger partial charge in [-0.2, -0.15) is 6.07 Å². The Bertz CT molecular complexity index is 3300. The van der Waals surface area contributed by atoms with Gasteiger partial charge in [-0.1, -0.05) is 171 Å². The van der Waals surface area contributed by atoms with Crippen molar-refractivity contribution in [3.05, 3.63) is 223 Å². The van der Waals surface area contributed by atoms with Crippen molar-refractivity contribution in [2.45, 2.75) is 85.0 Å². The SMILES string of the molecule is CC(C)c1cccc(C(C)C)c1-c1cc(Oc2[c-]c3c(cc2)c2cc(-c4ccccc4)ccc2n3-c2cc(C(C)(C)C)ccn2)[c-]c(N2C=CN(c3cccc(C(C)(C)c4ccccc4)c3)[CH-]2)c1.[Pt]. The van der Waals surface area contributed by atoms with Crippen LogP contribution < -0.4 is 14.5 Å². The molecule has 0 atom stereocenters. The molecule has 69 heavy (non-hydrogen) atoms. The summed E-state index contributed by atoms with van der Waals surface area (Å²) in [5, 5.41) is 2.21.